The third-order valence-corrected chi connectivity index (χ3v) is 4.77. The molecule has 5 heteroatoms. The Hall–Kier alpha value is -0.960. The van der Waals surface area contributed by atoms with Gasteiger partial charge in [0.2, 0.25) is 0 Å². The lowest BCUT2D eigenvalue weighted by Crippen LogP contribution is -2.20. The van der Waals surface area contributed by atoms with Crippen LogP contribution in [0.2, 0.25) is 0 Å². The summed E-state index contributed by atoms with van der Waals surface area (Å²) >= 11 is 0. The molecule has 4 nitrogen and oxygen atoms in total. The second-order valence-corrected chi connectivity index (χ2v) is 6.17. The van der Waals surface area contributed by atoms with Crippen molar-refractivity contribution >= 4 is 19.0 Å². The molecule has 0 aliphatic carbocycles. The van der Waals surface area contributed by atoms with Crippen molar-refractivity contribution in [2.45, 2.75) is 25.6 Å². The van der Waals surface area contributed by atoms with Crippen molar-refractivity contribution in [2.24, 2.45) is 0 Å². The van der Waals surface area contributed by atoms with Crippen LogP contribution in [0.4, 0.5) is 0 Å². The Morgan fingerprint density at radius 3 is 2.59 bits per heavy atom. The van der Waals surface area contributed by atoms with Gasteiger partial charge in [-0.1, -0.05) is 31.5 Å². The lowest BCUT2D eigenvalue weighted by molar-refractivity contribution is -0.112. The molecule has 1 N–H and O–H groups in total. The highest BCUT2D eigenvalue weighted by Gasteiger charge is 2.34. The second-order valence-electron chi connectivity index (χ2n) is 3.67. The molecule has 0 heterocycles. The smallest absolute Gasteiger partial charge is 0.266 e. The Kier molecular flexibility index (Phi) is 5.56. The number of aliphatic hydroxyl groups excluding tert-OH is 1. The second kappa shape index (κ2) is 6.70. The number of carbonyl (C=O) groups excluding carboxylic acids is 1. The fourth-order valence-corrected chi connectivity index (χ4v) is 3.12. The van der Waals surface area contributed by atoms with Crippen LogP contribution in [0.3, 0.4) is 0 Å². The number of carbonyl (C=O) groups is 1. The molecular weight excluding hydrogens is 239 g/mol. The highest BCUT2D eigenvalue weighted by molar-refractivity contribution is 7.68. The molecule has 0 aromatic heterocycles. The number of unbranched alkanes of at least 4 members (excludes halogenated alkanes) is 1. The Labute approximate surface area is 101 Å². The summed E-state index contributed by atoms with van der Waals surface area (Å²) in [7, 11) is -3.50. The molecule has 17 heavy (non-hydrogen) atoms. The molecule has 1 aromatic carbocycles. The molecule has 0 saturated heterocycles. The maximum absolute atomic E-state index is 12.5. The molecule has 2 atom stereocenters. The number of hydrogen-bond acceptors (Lipinski definition) is 4. The zero-order valence-electron chi connectivity index (χ0n) is 9.78. The fraction of sp³-hybridized carbons (Fsp3) is 0.417. The molecule has 0 aliphatic heterocycles. The number of aliphatic hydroxyl groups is 1. The number of rotatable bonds is 7. The maximum atomic E-state index is 12.5. The van der Waals surface area contributed by atoms with Crippen LogP contribution < -0.4 is 5.30 Å². The SMILES string of the molecule is CCCCOP(=O)(c1ccccc1)C(O)C=O. The zero-order valence-corrected chi connectivity index (χ0v) is 10.7. The lowest BCUT2D eigenvalue weighted by atomic mass is 10.4. The third kappa shape index (κ3) is 3.50. The van der Waals surface area contributed by atoms with Crippen molar-refractivity contribution < 1.29 is 19.0 Å². The van der Waals surface area contributed by atoms with Crippen molar-refractivity contribution in [3.63, 3.8) is 0 Å². The van der Waals surface area contributed by atoms with Crippen LogP contribution in [-0.2, 0) is 13.9 Å². The minimum Gasteiger partial charge on any atom is -0.376 e. The van der Waals surface area contributed by atoms with Gasteiger partial charge in [0, 0.05) is 5.30 Å². The first-order valence-corrected chi connectivity index (χ1v) is 7.27. The van der Waals surface area contributed by atoms with Crippen molar-refractivity contribution in [3.05, 3.63) is 30.3 Å². The topological polar surface area (TPSA) is 63.6 Å². The summed E-state index contributed by atoms with van der Waals surface area (Å²) in [4.78, 5) is 10.7. The van der Waals surface area contributed by atoms with Crippen LogP contribution in [-0.4, -0.2) is 23.8 Å². The van der Waals surface area contributed by atoms with E-state index in [-0.39, 0.29) is 12.9 Å². The van der Waals surface area contributed by atoms with Crippen molar-refractivity contribution in [3.8, 4) is 0 Å². The van der Waals surface area contributed by atoms with Crippen molar-refractivity contribution in [1.82, 2.24) is 0 Å². The largest absolute Gasteiger partial charge is 0.376 e. The molecule has 0 aliphatic rings. The first-order valence-electron chi connectivity index (χ1n) is 5.58. The van der Waals surface area contributed by atoms with Crippen LogP contribution in [0.1, 0.15) is 19.8 Å². The summed E-state index contributed by atoms with van der Waals surface area (Å²) in [5.74, 6) is -1.60. The van der Waals surface area contributed by atoms with Gasteiger partial charge in [0.15, 0.2) is 12.1 Å². The van der Waals surface area contributed by atoms with E-state index in [2.05, 4.69) is 0 Å². The van der Waals surface area contributed by atoms with E-state index in [1.807, 2.05) is 6.92 Å². The fourth-order valence-electron chi connectivity index (χ4n) is 1.36. The van der Waals surface area contributed by atoms with E-state index in [4.69, 9.17) is 4.52 Å². The number of benzene rings is 1. The summed E-state index contributed by atoms with van der Waals surface area (Å²) in [5.41, 5.74) is 0. The van der Waals surface area contributed by atoms with E-state index < -0.39 is 13.2 Å². The van der Waals surface area contributed by atoms with Gasteiger partial charge in [0.1, 0.15) is 0 Å². The first kappa shape index (κ1) is 14.1. The normalized spacial score (nSPS) is 16.1. The molecule has 0 bridgehead atoms. The van der Waals surface area contributed by atoms with Gasteiger partial charge in [-0.2, -0.15) is 0 Å². The Balaban J connectivity index is 2.94. The summed E-state index contributed by atoms with van der Waals surface area (Å²) in [6, 6.07) is 8.36. The molecule has 0 fully saturated rings. The monoisotopic (exact) mass is 256 g/mol. The quantitative estimate of drug-likeness (QED) is 0.460. The van der Waals surface area contributed by atoms with Crippen LogP contribution in [0.15, 0.2) is 30.3 Å². The molecule has 94 valence electrons. The minimum atomic E-state index is -3.50. The van der Waals surface area contributed by atoms with Crippen LogP contribution in [0.5, 0.6) is 0 Å². The zero-order chi connectivity index (χ0) is 12.7. The summed E-state index contributed by atoms with van der Waals surface area (Å²) in [6.45, 7) is 2.25. The van der Waals surface area contributed by atoms with Crippen LogP contribution in [0.25, 0.3) is 0 Å². The highest BCUT2D eigenvalue weighted by atomic mass is 31.2. The van der Waals surface area contributed by atoms with E-state index in [1.54, 1.807) is 30.3 Å². The van der Waals surface area contributed by atoms with E-state index in [0.29, 0.717) is 5.30 Å². The molecule has 2 unspecified atom stereocenters. The van der Waals surface area contributed by atoms with Gasteiger partial charge >= 0.3 is 0 Å². The molecule has 0 radical (unpaired) electrons. The Morgan fingerprint density at radius 2 is 2.06 bits per heavy atom. The average Bonchev–Trinajstić information content (AvgIpc) is 2.39. The van der Waals surface area contributed by atoms with Gasteiger partial charge in [-0.05, 0) is 18.6 Å². The summed E-state index contributed by atoms with van der Waals surface area (Å²) < 4.78 is 17.8. The van der Waals surface area contributed by atoms with E-state index in [0.717, 1.165) is 12.8 Å². The van der Waals surface area contributed by atoms with Gasteiger partial charge in [-0.25, -0.2) is 0 Å². The summed E-state index contributed by atoms with van der Waals surface area (Å²) in [6.07, 6.45) is 1.90. The standard InChI is InChI=1S/C12H17O4P/c1-2-3-9-16-17(15,12(14)10-13)11-7-5-4-6-8-11/h4-8,10,12,14H,2-3,9H2,1H3. The Bertz CT molecular complexity index is 391. The van der Waals surface area contributed by atoms with Crippen LogP contribution in [0, 0.1) is 0 Å². The minimum absolute atomic E-state index is 0.264. The highest BCUT2D eigenvalue weighted by Crippen LogP contribution is 2.49. The van der Waals surface area contributed by atoms with Gasteiger partial charge < -0.3 is 9.63 Å². The van der Waals surface area contributed by atoms with Gasteiger partial charge in [0.05, 0.1) is 6.61 Å². The third-order valence-electron chi connectivity index (χ3n) is 2.37. The van der Waals surface area contributed by atoms with E-state index in [9.17, 15) is 14.5 Å². The molecule has 0 amide bonds. The molecule has 1 rings (SSSR count). The molecule has 1 aromatic rings. The van der Waals surface area contributed by atoms with Crippen molar-refractivity contribution in [1.29, 1.82) is 0 Å². The van der Waals surface area contributed by atoms with E-state index in [1.165, 1.54) is 0 Å². The molecule has 0 spiro atoms. The average molecular weight is 256 g/mol. The molecular formula is C12H17O4P. The maximum Gasteiger partial charge on any atom is 0.266 e. The number of hydrogen-bond donors (Lipinski definition) is 1. The summed E-state index contributed by atoms with van der Waals surface area (Å²) in [5, 5.41) is 9.94. The van der Waals surface area contributed by atoms with Gasteiger partial charge in [-0.15, -0.1) is 0 Å². The van der Waals surface area contributed by atoms with Crippen molar-refractivity contribution in [2.75, 3.05) is 6.61 Å². The number of aldehydes is 1. The van der Waals surface area contributed by atoms with Gasteiger partial charge in [0.25, 0.3) is 7.37 Å². The predicted octanol–water partition coefficient (Wildman–Crippen LogP) is 1.92. The van der Waals surface area contributed by atoms with E-state index >= 15 is 0 Å². The van der Waals surface area contributed by atoms with Gasteiger partial charge in [-0.3, -0.25) is 9.36 Å². The Morgan fingerprint density at radius 1 is 1.41 bits per heavy atom. The molecule has 0 saturated carbocycles. The predicted molar refractivity (Wildman–Crippen MR) is 66.6 cm³/mol. The lowest BCUT2D eigenvalue weighted by Gasteiger charge is -2.20. The van der Waals surface area contributed by atoms with Crippen LogP contribution >= 0.6 is 7.37 Å². The first-order chi connectivity index (χ1) is 8.15.